The lowest BCUT2D eigenvalue weighted by atomic mass is 10.0. The third-order valence-electron chi connectivity index (χ3n) is 5.51. The van der Waals surface area contributed by atoms with Gasteiger partial charge < -0.3 is 9.80 Å². The van der Waals surface area contributed by atoms with Crippen LogP contribution < -0.4 is 4.90 Å². The molecule has 1 amide bonds. The van der Waals surface area contributed by atoms with E-state index in [9.17, 15) is 9.18 Å². The Balaban J connectivity index is 1.50. The zero-order valence-electron chi connectivity index (χ0n) is 14.5. The van der Waals surface area contributed by atoms with E-state index in [0.29, 0.717) is 13.0 Å². The fraction of sp³-hybridized carbons (Fsp3) is 0.526. The number of aryl methyl sites for hydroxylation is 1. The molecule has 3 heterocycles. The van der Waals surface area contributed by atoms with Gasteiger partial charge in [0.05, 0.1) is 12.4 Å². The fourth-order valence-corrected chi connectivity index (χ4v) is 4.11. The van der Waals surface area contributed by atoms with Gasteiger partial charge in [-0.3, -0.25) is 9.18 Å². The number of rotatable bonds is 3. The number of anilines is 1. The van der Waals surface area contributed by atoms with E-state index in [4.69, 9.17) is 0 Å². The molecule has 2 aromatic rings. The fourth-order valence-electron chi connectivity index (χ4n) is 4.11. The van der Waals surface area contributed by atoms with Crippen molar-refractivity contribution in [1.29, 1.82) is 0 Å². The van der Waals surface area contributed by atoms with Crippen molar-refractivity contribution in [2.24, 2.45) is 5.92 Å². The number of alkyl halides is 1. The molecule has 2 fully saturated rings. The lowest BCUT2D eigenvalue weighted by molar-refractivity contribution is -0.130. The molecule has 1 aromatic heterocycles. The molecule has 1 atom stereocenters. The van der Waals surface area contributed by atoms with Crippen molar-refractivity contribution < 1.29 is 9.18 Å². The van der Waals surface area contributed by atoms with Crippen molar-refractivity contribution in [3.05, 3.63) is 30.0 Å². The smallest absolute Gasteiger partial charge is 0.223 e. The van der Waals surface area contributed by atoms with E-state index in [2.05, 4.69) is 27.2 Å². The Morgan fingerprint density at radius 3 is 2.56 bits per heavy atom. The van der Waals surface area contributed by atoms with Gasteiger partial charge in [-0.1, -0.05) is 24.3 Å². The van der Waals surface area contributed by atoms with Crippen LogP contribution in [0, 0.1) is 12.8 Å². The summed E-state index contributed by atoms with van der Waals surface area (Å²) in [6, 6.07) is 8.45. The van der Waals surface area contributed by atoms with Crippen LogP contribution in [-0.2, 0) is 4.79 Å². The summed E-state index contributed by atoms with van der Waals surface area (Å²) >= 11 is 0. The van der Waals surface area contributed by atoms with Gasteiger partial charge >= 0.3 is 0 Å². The highest BCUT2D eigenvalue weighted by Crippen LogP contribution is 2.30. The highest BCUT2D eigenvalue weighted by atomic mass is 19.1. The first-order valence-corrected chi connectivity index (χ1v) is 8.99. The van der Waals surface area contributed by atoms with E-state index in [0.717, 1.165) is 48.2 Å². The molecule has 2 aliphatic rings. The average Bonchev–Trinajstić information content (AvgIpc) is 3.03. The van der Waals surface area contributed by atoms with Crippen LogP contribution in [0.25, 0.3) is 10.8 Å². The van der Waals surface area contributed by atoms with Crippen LogP contribution in [0.15, 0.2) is 24.3 Å². The molecule has 25 heavy (non-hydrogen) atoms. The van der Waals surface area contributed by atoms with Crippen LogP contribution in [0.4, 0.5) is 10.2 Å². The third kappa shape index (κ3) is 2.94. The molecule has 0 aliphatic carbocycles. The molecule has 0 bridgehead atoms. The minimum atomic E-state index is -0.397. The van der Waals surface area contributed by atoms with Gasteiger partial charge in [-0.2, -0.15) is 5.10 Å². The molecule has 132 valence electrons. The Morgan fingerprint density at radius 2 is 1.88 bits per heavy atom. The van der Waals surface area contributed by atoms with E-state index < -0.39 is 6.67 Å². The first-order chi connectivity index (χ1) is 12.2. The molecule has 6 heteroatoms. The number of carbonyl (C=O) groups is 1. The van der Waals surface area contributed by atoms with Crippen LogP contribution in [-0.4, -0.2) is 53.4 Å². The molecule has 1 unspecified atom stereocenters. The number of hydrogen-bond acceptors (Lipinski definition) is 4. The molecular weight excluding hydrogens is 319 g/mol. The normalized spacial score (nSPS) is 22.2. The van der Waals surface area contributed by atoms with Crippen LogP contribution >= 0.6 is 0 Å². The Kier molecular flexibility index (Phi) is 4.27. The summed E-state index contributed by atoms with van der Waals surface area (Å²) in [5.41, 5.74) is 0.939. The van der Waals surface area contributed by atoms with Crippen molar-refractivity contribution in [2.75, 3.05) is 31.2 Å². The molecule has 5 nitrogen and oxygen atoms in total. The summed E-state index contributed by atoms with van der Waals surface area (Å²) in [6.45, 7) is 3.85. The second-order valence-corrected chi connectivity index (χ2v) is 7.14. The number of amides is 1. The molecule has 0 spiro atoms. The van der Waals surface area contributed by atoms with Gasteiger partial charge in [0.25, 0.3) is 0 Å². The monoisotopic (exact) mass is 342 g/mol. The van der Waals surface area contributed by atoms with Crippen molar-refractivity contribution in [2.45, 2.75) is 32.2 Å². The maximum Gasteiger partial charge on any atom is 0.223 e. The van der Waals surface area contributed by atoms with Crippen molar-refractivity contribution in [3.63, 3.8) is 0 Å². The van der Waals surface area contributed by atoms with Gasteiger partial charge in [0.1, 0.15) is 0 Å². The zero-order valence-corrected chi connectivity index (χ0v) is 14.5. The number of fused-ring (bicyclic) bond motifs is 1. The maximum atomic E-state index is 12.9. The van der Waals surface area contributed by atoms with Crippen molar-refractivity contribution in [1.82, 2.24) is 15.1 Å². The second kappa shape index (κ2) is 6.58. The van der Waals surface area contributed by atoms with Crippen LogP contribution in [0.5, 0.6) is 0 Å². The Labute approximate surface area is 146 Å². The molecular formula is C19H23FN4O. The van der Waals surface area contributed by atoms with E-state index in [1.165, 1.54) is 0 Å². The van der Waals surface area contributed by atoms with Gasteiger partial charge in [-0.15, -0.1) is 5.10 Å². The first kappa shape index (κ1) is 16.2. The Bertz CT molecular complexity index is 788. The minimum Gasteiger partial charge on any atom is -0.354 e. The van der Waals surface area contributed by atoms with E-state index in [1.807, 2.05) is 24.0 Å². The Hall–Kier alpha value is -2.24. The van der Waals surface area contributed by atoms with Gasteiger partial charge in [0.15, 0.2) is 5.82 Å². The minimum absolute atomic E-state index is 0.113. The van der Waals surface area contributed by atoms with E-state index in [1.54, 1.807) is 0 Å². The van der Waals surface area contributed by atoms with E-state index in [-0.39, 0.29) is 17.9 Å². The van der Waals surface area contributed by atoms with Gasteiger partial charge in [0, 0.05) is 48.8 Å². The predicted octanol–water partition coefficient (Wildman–Crippen LogP) is 2.73. The van der Waals surface area contributed by atoms with Crippen molar-refractivity contribution in [3.8, 4) is 0 Å². The summed E-state index contributed by atoms with van der Waals surface area (Å²) in [6.07, 6.45) is 2.16. The van der Waals surface area contributed by atoms with Gasteiger partial charge in [0.2, 0.25) is 5.91 Å². The number of aromatic nitrogens is 2. The molecule has 1 aromatic carbocycles. The highest BCUT2D eigenvalue weighted by molar-refractivity contribution is 5.93. The van der Waals surface area contributed by atoms with Gasteiger partial charge in [-0.05, 0) is 19.8 Å². The molecule has 2 saturated heterocycles. The van der Waals surface area contributed by atoms with Gasteiger partial charge in [-0.25, -0.2) is 0 Å². The number of piperidine rings is 1. The first-order valence-electron chi connectivity index (χ1n) is 8.99. The predicted molar refractivity (Wildman–Crippen MR) is 95.3 cm³/mol. The number of likely N-dealkylation sites (tertiary alicyclic amines) is 1. The molecule has 4 rings (SSSR count). The number of carbonyl (C=O) groups excluding carboxylic acids is 1. The SMILES string of the molecule is Cc1nnc(N2CCC(N3CC(CF)CC3=O)CC2)c2ccccc12. The number of benzene rings is 1. The third-order valence-corrected chi connectivity index (χ3v) is 5.51. The summed E-state index contributed by atoms with van der Waals surface area (Å²) in [7, 11) is 0. The average molecular weight is 342 g/mol. The highest BCUT2D eigenvalue weighted by Gasteiger charge is 2.36. The topological polar surface area (TPSA) is 49.3 Å². The largest absolute Gasteiger partial charge is 0.354 e. The molecule has 2 aliphatic heterocycles. The zero-order chi connectivity index (χ0) is 17.4. The number of halogens is 1. The quantitative estimate of drug-likeness (QED) is 0.861. The van der Waals surface area contributed by atoms with Crippen molar-refractivity contribution >= 4 is 22.5 Å². The Morgan fingerprint density at radius 1 is 1.16 bits per heavy atom. The van der Waals surface area contributed by atoms with E-state index >= 15 is 0 Å². The summed E-state index contributed by atoms with van der Waals surface area (Å²) in [5, 5.41) is 11.0. The molecule has 0 N–H and O–H groups in total. The van der Waals surface area contributed by atoms with Crippen LogP contribution in [0.3, 0.4) is 0 Å². The van der Waals surface area contributed by atoms with Crippen LogP contribution in [0.2, 0.25) is 0 Å². The lowest BCUT2D eigenvalue weighted by Gasteiger charge is -2.37. The summed E-state index contributed by atoms with van der Waals surface area (Å²) in [5.74, 6) is 0.924. The van der Waals surface area contributed by atoms with Crippen LogP contribution in [0.1, 0.15) is 25.0 Å². The maximum absolute atomic E-state index is 12.9. The standard InChI is InChI=1S/C19H23FN4O/c1-13-16-4-2-3-5-17(16)19(22-21-13)23-8-6-15(7-9-23)24-12-14(11-20)10-18(24)25/h2-5,14-15H,6-12H2,1H3. The summed E-state index contributed by atoms with van der Waals surface area (Å²) < 4.78 is 12.9. The number of hydrogen-bond donors (Lipinski definition) is 0. The molecule has 0 saturated carbocycles. The molecule has 0 radical (unpaired) electrons. The lowest BCUT2D eigenvalue weighted by Crippen LogP contribution is -2.46. The second-order valence-electron chi connectivity index (χ2n) is 7.14. The summed E-state index contributed by atoms with van der Waals surface area (Å²) in [4.78, 5) is 16.3. The number of nitrogens with zero attached hydrogens (tertiary/aromatic N) is 4.